The van der Waals surface area contributed by atoms with Crippen molar-refractivity contribution in [3.8, 4) is 5.75 Å². The predicted octanol–water partition coefficient (Wildman–Crippen LogP) is 3.37. The van der Waals surface area contributed by atoms with Crippen molar-refractivity contribution in [2.24, 2.45) is 0 Å². The molecule has 24 heavy (non-hydrogen) atoms. The van der Waals surface area contributed by atoms with E-state index in [2.05, 4.69) is 4.98 Å². The second-order valence-electron chi connectivity index (χ2n) is 5.94. The van der Waals surface area contributed by atoms with Gasteiger partial charge in [-0.1, -0.05) is 6.07 Å². The zero-order chi connectivity index (χ0) is 17.3. The zero-order valence-corrected chi connectivity index (χ0v) is 13.5. The minimum absolute atomic E-state index is 0.0895. The van der Waals surface area contributed by atoms with Gasteiger partial charge in [-0.25, -0.2) is 13.8 Å². The molecular weight excluding hydrogens is 314 g/mol. The molecule has 0 radical (unpaired) electrons. The maximum absolute atomic E-state index is 13.4. The lowest BCUT2D eigenvalue weighted by Crippen LogP contribution is -2.23. The molecule has 0 spiro atoms. The summed E-state index contributed by atoms with van der Waals surface area (Å²) in [5.74, 6) is -1.19. The molecule has 126 valence electrons. The number of halogens is 2. The van der Waals surface area contributed by atoms with Gasteiger partial charge in [0.1, 0.15) is 18.5 Å². The third-order valence-electron chi connectivity index (χ3n) is 3.71. The Hall–Kier alpha value is -2.47. The van der Waals surface area contributed by atoms with Crippen molar-refractivity contribution in [1.29, 1.82) is 0 Å². The highest BCUT2D eigenvalue weighted by atomic mass is 19.2. The van der Waals surface area contributed by atoms with E-state index < -0.39 is 17.7 Å². The van der Waals surface area contributed by atoms with Gasteiger partial charge < -0.3 is 14.4 Å². The highest BCUT2D eigenvalue weighted by molar-refractivity contribution is 5.75. The molecule has 0 aliphatic rings. The number of benzene rings is 2. The summed E-state index contributed by atoms with van der Waals surface area (Å²) < 4.78 is 33.8. The fourth-order valence-electron chi connectivity index (χ4n) is 2.69. The smallest absolute Gasteiger partial charge is 0.161 e. The minimum Gasteiger partial charge on any atom is -0.491 e. The monoisotopic (exact) mass is 332 g/mol. The SMILES string of the molecule is Cc1cc(C)cc(OCC(O)Cn2cnc3cc(F)c(F)cc32)c1. The lowest BCUT2D eigenvalue weighted by atomic mass is 10.1. The normalized spacial score (nSPS) is 12.5. The first-order chi connectivity index (χ1) is 11.4. The number of aliphatic hydroxyl groups excluding tert-OH is 1. The fourth-order valence-corrected chi connectivity index (χ4v) is 2.69. The van der Waals surface area contributed by atoms with Gasteiger partial charge in [0.2, 0.25) is 0 Å². The molecule has 0 saturated carbocycles. The van der Waals surface area contributed by atoms with Crippen LogP contribution in [0.2, 0.25) is 0 Å². The van der Waals surface area contributed by atoms with Crippen LogP contribution in [0.4, 0.5) is 8.78 Å². The molecule has 0 bridgehead atoms. The van der Waals surface area contributed by atoms with Crippen molar-refractivity contribution < 1.29 is 18.6 Å². The lowest BCUT2D eigenvalue weighted by molar-refractivity contribution is 0.0933. The largest absolute Gasteiger partial charge is 0.491 e. The number of nitrogens with zero attached hydrogens (tertiary/aromatic N) is 2. The lowest BCUT2D eigenvalue weighted by Gasteiger charge is -2.14. The molecule has 3 aromatic rings. The first-order valence-electron chi connectivity index (χ1n) is 7.61. The number of aromatic nitrogens is 2. The Morgan fingerprint density at radius 2 is 1.75 bits per heavy atom. The number of imidazole rings is 1. The Bertz CT molecular complexity index is 857. The quantitative estimate of drug-likeness (QED) is 0.779. The molecule has 6 heteroatoms. The van der Waals surface area contributed by atoms with Crippen LogP contribution in [-0.4, -0.2) is 27.4 Å². The van der Waals surface area contributed by atoms with Gasteiger partial charge in [0.05, 0.1) is 23.9 Å². The second kappa shape index (κ2) is 6.57. The van der Waals surface area contributed by atoms with Crippen molar-refractivity contribution in [3.05, 3.63) is 59.4 Å². The van der Waals surface area contributed by atoms with E-state index in [9.17, 15) is 13.9 Å². The molecule has 1 unspecified atom stereocenters. The van der Waals surface area contributed by atoms with Gasteiger partial charge in [-0.2, -0.15) is 0 Å². The Kier molecular flexibility index (Phi) is 4.49. The van der Waals surface area contributed by atoms with Gasteiger partial charge in [0.25, 0.3) is 0 Å². The summed E-state index contributed by atoms with van der Waals surface area (Å²) in [6.07, 6.45) is 0.639. The van der Waals surface area contributed by atoms with Crippen molar-refractivity contribution in [2.45, 2.75) is 26.5 Å². The fraction of sp³-hybridized carbons (Fsp3) is 0.278. The highest BCUT2D eigenvalue weighted by Crippen LogP contribution is 2.19. The molecule has 1 atom stereocenters. The summed E-state index contributed by atoms with van der Waals surface area (Å²) in [4.78, 5) is 4.02. The van der Waals surface area contributed by atoms with Crippen LogP contribution in [0.15, 0.2) is 36.7 Å². The average molecular weight is 332 g/mol. The number of aryl methyl sites for hydroxylation is 2. The van der Waals surface area contributed by atoms with E-state index in [1.807, 2.05) is 32.0 Å². The van der Waals surface area contributed by atoms with Crippen LogP contribution in [-0.2, 0) is 6.54 Å². The van der Waals surface area contributed by atoms with Crippen molar-refractivity contribution in [2.75, 3.05) is 6.61 Å². The third-order valence-corrected chi connectivity index (χ3v) is 3.71. The molecule has 1 heterocycles. The van der Waals surface area contributed by atoms with E-state index in [-0.39, 0.29) is 13.2 Å². The van der Waals surface area contributed by atoms with Crippen LogP contribution in [0.5, 0.6) is 5.75 Å². The summed E-state index contributed by atoms with van der Waals surface area (Å²) in [5.41, 5.74) is 2.94. The molecule has 0 amide bonds. The molecule has 1 N–H and O–H groups in total. The summed E-state index contributed by atoms with van der Waals surface area (Å²) in [6.45, 7) is 4.21. The summed E-state index contributed by atoms with van der Waals surface area (Å²) in [7, 11) is 0. The maximum atomic E-state index is 13.4. The van der Waals surface area contributed by atoms with E-state index in [0.29, 0.717) is 16.8 Å². The molecule has 3 rings (SSSR count). The number of ether oxygens (including phenoxy) is 1. The van der Waals surface area contributed by atoms with Crippen LogP contribution < -0.4 is 4.74 Å². The zero-order valence-electron chi connectivity index (χ0n) is 13.5. The van der Waals surface area contributed by atoms with Crippen molar-refractivity contribution in [1.82, 2.24) is 9.55 Å². The Morgan fingerprint density at radius 3 is 2.46 bits per heavy atom. The third kappa shape index (κ3) is 3.54. The maximum Gasteiger partial charge on any atom is 0.161 e. The van der Waals surface area contributed by atoms with E-state index in [0.717, 1.165) is 23.3 Å². The Morgan fingerprint density at radius 1 is 1.08 bits per heavy atom. The Balaban J connectivity index is 1.68. The highest BCUT2D eigenvalue weighted by Gasteiger charge is 2.13. The van der Waals surface area contributed by atoms with Gasteiger partial charge in [-0.15, -0.1) is 0 Å². The number of aliphatic hydroxyl groups is 1. The van der Waals surface area contributed by atoms with Gasteiger partial charge in [-0.3, -0.25) is 0 Å². The molecular formula is C18H18F2N2O2. The molecule has 4 nitrogen and oxygen atoms in total. The van der Waals surface area contributed by atoms with Crippen molar-refractivity contribution in [3.63, 3.8) is 0 Å². The molecule has 0 fully saturated rings. The van der Waals surface area contributed by atoms with Gasteiger partial charge in [0.15, 0.2) is 11.6 Å². The first kappa shape index (κ1) is 16.4. The van der Waals surface area contributed by atoms with Crippen LogP contribution in [0.1, 0.15) is 11.1 Å². The van der Waals surface area contributed by atoms with Gasteiger partial charge in [-0.05, 0) is 37.1 Å². The Labute approximate surface area is 138 Å². The molecule has 1 aromatic heterocycles. The number of hydrogen-bond acceptors (Lipinski definition) is 3. The molecule has 2 aromatic carbocycles. The molecule has 0 aliphatic heterocycles. The molecule has 0 aliphatic carbocycles. The summed E-state index contributed by atoms with van der Waals surface area (Å²) in [6, 6.07) is 7.94. The molecule has 0 saturated heterocycles. The van der Waals surface area contributed by atoms with Crippen LogP contribution in [0, 0.1) is 25.5 Å². The first-order valence-corrected chi connectivity index (χ1v) is 7.61. The van der Waals surface area contributed by atoms with Crippen LogP contribution >= 0.6 is 0 Å². The van der Waals surface area contributed by atoms with E-state index >= 15 is 0 Å². The standard InChI is InChI=1S/C18H18F2N2O2/c1-11-3-12(2)5-14(4-11)24-9-13(23)8-22-10-21-17-6-15(19)16(20)7-18(17)22/h3-7,10,13,23H,8-9H2,1-2H3. The summed E-state index contributed by atoms with van der Waals surface area (Å²) >= 11 is 0. The van der Waals surface area contributed by atoms with Gasteiger partial charge >= 0.3 is 0 Å². The number of rotatable bonds is 5. The van der Waals surface area contributed by atoms with E-state index in [4.69, 9.17) is 4.74 Å². The predicted molar refractivity (Wildman–Crippen MR) is 87.1 cm³/mol. The topological polar surface area (TPSA) is 47.3 Å². The van der Waals surface area contributed by atoms with Gasteiger partial charge in [0, 0.05) is 12.1 Å². The van der Waals surface area contributed by atoms with Crippen molar-refractivity contribution >= 4 is 11.0 Å². The van der Waals surface area contributed by atoms with E-state index in [1.54, 1.807) is 4.57 Å². The number of hydrogen-bond donors (Lipinski definition) is 1. The van der Waals surface area contributed by atoms with Crippen LogP contribution in [0.25, 0.3) is 11.0 Å². The second-order valence-corrected chi connectivity index (χ2v) is 5.94. The van der Waals surface area contributed by atoms with E-state index in [1.165, 1.54) is 6.33 Å². The number of fused-ring (bicyclic) bond motifs is 1. The summed E-state index contributed by atoms with van der Waals surface area (Å²) in [5, 5.41) is 10.2. The minimum atomic E-state index is -0.940. The van der Waals surface area contributed by atoms with Crippen LogP contribution in [0.3, 0.4) is 0 Å². The average Bonchev–Trinajstić information content (AvgIpc) is 2.87.